The molecule has 2 aliphatic heterocycles. The zero-order valence-corrected chi connectivity index (χ0v) is 15.3. The maximum Gasteiger partial charge on any atom is 0.244 e. The summed E-state index contributed by atoms with van der Waals surface area (Å²) in [6.45, 7) is 8.39. The van der Waals surface area contributed by atoms with Gasteiger partial charge in [0.25, 0.3) is 0 Å². The summed E-state index contributed by atoms with van der Waals surface area (Å²) in [5.41, 5.74) is 3.47. The lowest BCUT2D eigenvalue weighted by molar-refractivity contribution is -0.124. The lowest BCUT2D eigenvalue weighted by Gasteiger charge is -2.37. The molecule has 2 aromatic rings. The second-order valence-corrected chi connectivity index (χ2v) is 8.01. The average molecular weight is 338 g/mol. The number of imidazole rings is 1. The molecule has 2 aliphatic rings. The van der Waals surface area contributed by atoms with E-state index in [1.54, 1.807) is 6.20 Å². The number of carbonyl (C=O) groups is 1. The van der Waals surface area contributed by atoms with Gasteiger partial charge >= 0.3 is 0 Å². The van der Waals surface area contributed by atoms with Crippen LogP contribution in [0.15, 0.2) is 36.9 Å². The fraction of sp³-hybridized carbons (Fsp3) is 0.500. The van der Waals surface area contributed by atoms with E-state index in [1.807, 2.05) is 28.1 Å². The van der Waals surface area contributed by atoms with Gasteiger partial charge in [0.1, 0.15) is 0 Å². The quantitative estimate of drug-likeness (QED) is 0.845. The molecule has 3 heterocycles. The van der Waals surface area contributed by atoms with E-state index in [0.717, 1.165) is 43.7 Å². The van der Waals surface area contributed by atoms with Crippen molar-refractivity contribution in [1.82, 2.24) is 14.5 Å². The van der Waals surface area contributed by atoms with Crippen LogP contribution in [0.4, 0.5) is 5.69 Å². The van der Waals surface area contributed by atoms with Gasteiger partial charge in [-0.3, -0.25) is 9.69 Å². The Morgan fingerprint density at radius 2 is 2.00 bits per heavy atom. The van der Waals surface area contributed by atoms with Crippen LogP contribution in [0.3, 0.4) is 0 Å². The van der Waals surface area contributed by atoms with Crippen molar-refractivity contribution >= 4 is 11.6 Å². The third kappa shape index (κ3) is 2.76. The summed E-state index contributed by atoms with van der Waals surface area (Å²) in [5, 5.41) is 0. The predicted molar refractivity (Wildman–Crippen MR) is 99.1 cm³/mol. The van der Waals surface area contributed by atoms with Crippen LogP contribution < -0.4 is 4.90 Å². The molecule has 1 atom stereocenters. The summed E-state index contributed by atoms with van der Waals surface area (Å²) in [7, 11) is 0. The van der Waals surface area contributed by atoms with Gasteiger partial charge in [-0.25, -0.2) is 4.98 Å². The maximum absolute atomic E-state index is 13.3. The topological polar surface area (TPSA) is 41.4 Å². The third-order valence-corrected chi connectivity index (χ3v) is 5.45. The Balaban J connectivity index is 1.65. The van der Waals surface area contributed by atoms with Gasteiger partial charge in [-0.2, -0.15) is 0 Å². The summed E-state index contributed by atoms with van der Waals surface area (Å²) in [6.07, 6.45) is 8.53. The van der Waals surface area contributed by atoms with Crippen LogP contribution in [0.25, 0.3) is 5.69 Å². The first-order valence-electron chi connectivity index (χ1n) is 9.15. The molecule has 0 spiro atoms. The Labute approximate surface area is 149 Å². The van der Waals surface area contributed by atoms with Crippen molar-refractivity contribution in [1.29, 1.82) is 0 Å². The van der Waals surface area contributed by atoms with E-state index in [1.165, 1.54) is 5.56 Å². The molecule has 1 aromatic carbocycles. The number of likely N-dealkylation sites (tertiary alicyclic amines) is 1. The fourth-order valence-electron chi connectivity index (χ4n) is 4.29. The molecule has 0 saturated carbocycles. The molecule has 25 heavy (non-hydrogen) atoms. The van der Waals surface area contributed by atoms with Crippen molar-refractivity contribution in [2.24, 2.45) is 0 Å². The van der Waals surface area contributed by atoms with Crippen LogP contribution in [-0.4, -0.2) is 45.0 Å². The zero-order valence-electron chi connectivity index (χ0n) is 15.3. The number of hydrogen-bond acceptors (Lipinski definition) is 3. The predicted octanol–water partition coefficient (Wildman–Crippen LogP) is 3.02. The molecule has 132 valence electrons. The highest BCUT2D eigenvalue weighted by Crippen LogP contribution is 2.35. The van der Waals surface area contributed by atoms with Gasteiger partial charge in [0.15, 0.2) is 0 Å². The molecule has 1 amide bonds. The molecule has 4 rings (SSSR count). The largest absolute Gasteiger partial charge is 0.310 e. The lowest BCUT2D eigenvalue weighted by atomic mass is 10.0. The van der Waals surface area contributed by atoms with Crippen LogP contribution >= 0.6 is 0 Å². The Bertz CT molecular complexity index is 775. The summed E-state index contributed by atoms with van der Waals surface area (Å²) >= 11 is 0. The van der Waals surface area contributed by atoms with Gasteiger partial charge in [0, 0.05) is 35.7 Å². The minimum atomic E-state index is 0.00264. The molecular formula is C20H26N4O. The average Bonchev–Trinajstić information content (AvgIpc) is 3.31. The molecule has 0 unspecified atom stereocenters. The maximum atomic E-state index is 13.3. The molecule has 0 bridgehead atoms. The second-order valence-electron chi connectivity index (χ2n) is 8.01. The third-order valence-electron chi connectivity index (χ3n) is 5.45. The van der Waals surface area contributed by atoms with E-state index in [-0.39, 0.29) is 17.5 Å². The van der Waals surface area contributed by atoms with E-state index in [0.29, 0.717) is 0 Å². The van der Waals surface area contributed by atoms with Crippen molar-refractivity contribution in [3.63, 3.8) is 0 Å². The normalized spacial score (nSPS) is 20.9. The molecule has 0 radical (unpaired) electrons. The van der Waals surface area contributed by atoms with Crippen molar-refractivity contribution in [3.05, 3.63) is 42.5 Å². The van der Waals surface area contributed by atoms with E-state index in [9.17, 15) is 4.79 Å². The van der Waals surface area contributed by atoms with Crippen molar-refractivity contribution < 1.29 is 4.79 Å². The van der Waals surface area contributed by atoms with E-state index in [4.69, 9.17) is 0 Å². The lowest BCUT2D eigenvalue weighted by Crippen LogP contribution is -2.52. The van der Waals surface area contributed by atoms with Crippen molar-refractivity contribution in [2.75, 3.05) is 18.0 Å². The molecule has 0 N–H and O–H groups in total. The number of aromatic nitrogens is 2. The molecule has 5 nitrogen and oxygen atoms in total. The second kappa shape index (κ2) is 5.99. The number of carbonyl (C=O) groups excluding carboxylic acids is 1. The highest BCUT2D eigenvalue weighted by atomic mass is 16.2. The smallest absolute Gasteiger partial charge is 0.244 e. The van der Waals surface area contributed by atoms with Gasteiger partial charge in [0.2, 0.25) is 5.91 Å². The molecular weight excluding hydrogens is 312 g/mol. The summed E-state index contributed by atoms with van der Waals surface area (Å²) < 4.78 is 2.03. The first kappa shape index (κ1) is 16.3. The number of rotatable bonds is 2. The van der Waals surface area contributed by atoms with Crippen LogP contribution in [-0.2, 0) is 11.2 Å². The highest BCUT2D eigenvalue weighted by Gasteiger charge is 2.40. The number of nitrogens with zero attached hydrogens (tertiary/aromatic N) is 4. The van der Waals surface area contributed by atoms with E-state index in [2.05, 4.69) is 42.8 Å². The molecule has 1 saturated heterocycles. The zero-order chi connectivity index (χ0) is 17.6. The Kier molecular flexibility index (Phi) is 3.91. The minimum Gasteiger partial charge on any atom is -0.310 e. The van der Waals surface area contributed by atoms with Gasteiger partial charge < -0.3 is 9.47 Å². The minimum absolute atomic E-state index is 0.00264. The standard InChI is InChI=1S/C20H26N4O/c1-20(2,3)24-11-5-8-18(24)19(25)23-12-9-15-16(6-4-7-17(15)23)22-13-10-21-14-22/h4,6-7,10,13-14,18H,5,8-9,11-12H2,1-3H3/t18-/m0/s1. The van der Waals surface area contributed by atoms with E-state index >= 15 is 0 Å². The van der Waals surface area contributed by atoms with Crippen molar-refractivity contribution in [3.8, 4) is 5.69 Å². The summed E-state index contributed by atoms with van der Waals surface area (Å²) in [6, 6.07) is 6.22. The summed E-state index contributed by atoms with van der Waals surface area (Å²) in [4.78, 5) is 21.9. The Morgan fingerprint density at radius 3 is 2.72 bits per heavy atom. The van der Waals surface area contributed by atoms with E-state index < -0.39 is 0 Å². The van der Waals surface area contributed by atoms with Crippen LogP contribution in [0.5, 0.6) is 0 Å². The monoisotopic (exact) mass is 338 g/mol. The van der Waals surface area contributed by atoms with Gasteiger partial charge in [-0.1, -0.05) is 6.07 Å². The molecule has 0 aliphatic carbocycles. The number of anilines is 1. The van der Waals surface area contributed by atoms with Crippen LogP contribution in [0.1, 0.15) is 39.2 Å². The summed E-state index contributed by atoms with van der Waals surface area (Å²) in [5.74, 6) is 0.258. The molecule has 5 heteroatoms. The molecule has 1 aromatic heterocycles. The number of hydrogen-bond donors (Lipinski definition) is 0. The van der Waals surface area contributed by atoms with Gasteiger partial charge in [-0.15, -0.1) is 0 Å². The first-order valence-corrected chi connectivity index (χ1v) is 9.15. The Hall–Kier alpha value is -2.14. The van der Waals surface area contributed by atoms with Crippen molar-refractivity contribution in [2.45, 2.75) is 51.6 Å². The number of benzene rings is 1. The molecule has 1 fully saturated rings. The Morgan fingerprint density at radius 1 is 1.20 bits per heavy atom. The van der Waals surface area contributed by atoms with Crippen LogP contribution in [0.2, 0.25) is 0 Å². The number of fused-ring (bicyclic) bond motifs is 1. The first-order chi connectivity index (χ1) is 12.0. The number of amides is 1. The van der Waals surface area contributed by atoms with Gasteiger partial charge in [-0.05, 0) is 58.7 Å². The van der Waals surface area contributed by atoms with Crippen LogP contribution in [0, 0.1) is 0 Å². The SMILES string of the molecule is CC(C)(C)N1CCC[C@H]1C(=O)N1CCc2c1cccc2-n1ccnc1. The fourth-order valence-corrected chi connectivity index (χ4v) is 4.29. The highest BCUT2D eigenvalue weighted by molar-refractivity contribution is 5.99. The van der Waals surface area contributed by atoms with Gasteiger partial charge in [0.05, 0.1) is 18.1 Å².